The minimum absolute atomic E-state index is 0.252. The highest BCUT2D eigenvalue weighted by Gasteiger charge is 2.10. The van der Waals surface area contributed by atoms with Gasteiger partial charge in [0.05, 0.1) is 24.0 Å². The summed E-state index contributed by atoms with van der Waals surface area (Å²) in [5, 5.41) is 3.92. The van der Waals surface area contributed by atoms with Crippen molar-refractivity contribution in [2.45, 2.75) is 13.8 Å². The normalized spacial score (nSPS) is 10.8. The van der Waals surface area contributed by atoms with Gasteiger partial charge in [-0.15, -0.1) is 0 Å². The van der Waals surface area contributed by atoms with Gasteiger partial charge in [0.2, 0.25) is 11.9 Å². The van der Waals surface area contributed by atoms with Crippen LogP contribution in [0, 0.1) is 13.8 Å². The van der Waals surface area contributed by atoms with Crippen LogP contribution >= 0.6 is 0 Å². The van der Waals surface area contributed by atoms with Gasteiger partial charge in [0, 0.05) is 17.0 Å². The number of nitrogens with zero attached hydrogens (tertiary/aromatic N) is 3. The Balaban J connectivity index is 1.73. The van der Waals surface area contributed by atoms with E-state index in [4.69, 9.17) is 4.74 Å². The van der Waals surface area contributed by atoms with Crippen LogP contribution in [0.5, 0.6) is 5.75 Å². The van der Waals surface area contributed by atoms with Crippen LogP contribution in [0.15, 0.2) is 53.3 Å². The molecule has 0 amide bonds. The van der Waals surface area contributed by atoms with E-state index in [1.807, 2.05) is 56.3 Å². The maximum Gasteiger partial charge on any atom is 0.252 e. The Labute approximate surface area is 161 Å². The van der Waals surface area contributed by atoms with Crippen molar-refractivity contribution >= 4 is 22.8 Å². The van der Waals surface area contributed by atoms with Crippen LogP contribution in [0.3, 0.4) is 0 Å². The third kappa shape index (κ3) is 3.42. The van der Waals surface area contributed by atoms with Gasteiger partial charge in [-0.2, -0.15) is 0 Å². The van der Waals surface area contributed by atoms with Crippen LogP contribution in [0.1, 0.15) is 11.3 Å². The molecule has 2 N–H and O–H groups in total. The predicted octanol–water partition coefficient (Wildman–Crippen LogP) is 3.75. The average molecular weight is 373 g/mol. The molecule has 0 saturated heterocycles. The summed E-state index contributed by atoms with van der Waals surface area (Å²) >= 11 is 0. The molecule has 2 aromatic carbocycles. The van der Waals surface area contributed by atoms with E-state index >= 15 is 0 Å². The number of rotatable bonds is 4. The van der Waals surface area contributed by atoms with Crippen molar-refractivity contribution < 1.29 is 4.74 Å². The Bertz CT molecular complexity index is 1230. The standard InChI is InChI=1S/C21H19N5O2/c1-12-6-4-5-7-15(12)18-11-19(27)25-21(24-18)26-20-22-13(2)16-10-14(28-3)8-9-17(16)23-20/h4-11H,1-3H3,(H2,22,23,24,25,26,27). The van der Waals surface area contributed by atoms with Gasteiger partial charge >= 0.3 is 0 Å². The summed E-state index contributed by atoms with van der Waals surface area (Å²) in [5.41, 5.74) is 3.85. The highest BCUT2D eigenvalue weighted by molar-refractivity contribution is 5.83. The van der Waals surface area contributed by atoms with Crippen molar-refractivity contribution in [3.63, 3.8) is 0 Å². The van der Waals surface area contributed by atoms with Crippen molar-refractivity contribution in [1.29, 1.82) is 0 Å². The van der Waals surface area contributed by atoms with Gasteiger partial charge in [0.15, 0.2) is 0 Å². The fraction of sp³-hybridized carbons (Fsp3) is 0.143. The predicted molar refractivity (Wildman–Crippen MR) is 109 cm³/mol. The van der Waals surface area contributed by atoms with Crippen LogP contribution in [-0.2, 0) is 0 Å². The maximum absolute atomic E-state index is 12.1. The van der Waals surface area contributed by atoms with E-state index in [1.54, 1.807) is 7.11 Å². The second-order valence-corrected chi connectivity index (χ2v) is 6.43. The number of hydrogen-bond donors (Lipinski definition) is 2. The molecule has 0 aliphatic heterocycles. The number of anilines is 2. The van der Waals surface area contributed by atoms with Crippen LogP contribution in [0.4, 0.5) is 11.9 Å². The zero-order valence-electron chi connectivity index (χ0n) is 15.8. The Kier molecular flexibility index (Phi) is 4.49. The van der Waals surface area contributed by atoms with E-state index in [0.29, 0.717) is 11.6 Å². The summed E-state index contributed by atoms with van der Waals surface area (Å²) in [5.74, 6) is 1.40. The molecule has 0 atom stereocenters. The zero-order valence-corrected chi connectivity index (χ0v) is 15.8. The largest absolute Gasteiger partial charge is 0.497 e. The minimum Gasteiger partial charge on any atom is -0.497 e. The molecule has 0 aliphatic rings. The minimum atomic E-state index is -0.252. The Hall–Kier alpha value is -3.74. The van der Waals surface area contributed by atoms with E-state index < -0.39 is 0 Å². The Morgan fingerprint density at radius 2 is 1.82 bits per heavy atom. The lowest BCUT2D eigenvalue weighted by Gasteiger charge is -2.10. The zero-order chi connectivity index (χ0) is 19.7. The summed E-state index contributed by atoms with van der Waals surface area (Å²) in [6.07, 6.45) is 0. The molecule has 7 nitrogen and oxygen atoms in total. The Morgan fingerprint density at radius 3 is 2.61 bits per heavy atom. The van der Waals surface area contributed by atoms with Crippen molar-refractivity contribution in [3.8, 4) is 17.0 Å². The second kappa shape index (κ2) is 7.11. The highest BCUT2D eigenvalue weighted by Crippen LogP contribution is 2.24. The van der Waals surface area contributed by atoms with Crippen molar-refractivity contribution in [1.82, 2.24) is 19.9 Å². The van der Waals surface area contributed by atoms with Crippen LogP contribution < -0.4 is 15.6 Å². The number of fused-ring (bicyclic) bond motifs is 1. The smallest absolute Gasteiger partial charge is 0.252 e. The average Bonchev–Trinajstić information content (AvgIpc) is 2.67. The molecule has 2 heterocycles. The molecule has 2 aromatic heterocycles. The van der Waals surface area contributed by atoms with Gasteiger partial charge in [-0.3, -0.25) is 15.1 Å². The number of hydrogen-bond acceptors (Lipinski definition) is 6. The van der Waals surface area contributed by atoms with E-state index in [0.717, 1.165) is 33.5 Å². The summed E-state index contributed by atoms with van der Waals surface area (Å²) in [6.45, 7) is 3.88. The molecule has 7 heteroatoms. The van der Waals surface area contributed by atoms with E-state index in [1.165, 1.54) is 6.07 Å². The summed E-state index contributed by atoms with van der Waals surface area (Å²) < 4.78 is 5.26. The first-order valence-electron chi connectivity index (χ1n) is 8.80. The number of aromatic nitrogens is 4. The fourth-order valence-corrected chi connectivity index (χ4v) is 3.06. The van der Waals surface area contributed by atoms with Crippen LogP contribution in [-0.4, -0.2) is 27.0 Å². The third-order valence-corrected chi connectivity index (χ3v) is 4.49. The van der Waals surface area contributed by atoms with Gasteiger partial charge < -0.3 is 4.74 Å². The van der Waals surface area contributed by atoms with Gasteiger partial charge in [0.25, 0.3) is 5.56 Å². The quantitative estimate of drug-likeness (QED) is 0.566. The molecule has 0 fully saturated rings. The number of aryl methyl sites for hydroxylation is 2. The second-order valence-electron chi connectivity index (χ2n) is 6.43. The van der Waals surface area contributed by atoms with Crippen molar-refractivity contribution in [2.75, 3.05) is 12.4 Å². The molecular formula is C21H19N5O2. The topological polar surface area (TPSA) is 92.8 Å². The molecular weight excluding hydrogens is 354 g/mol. The first kappa shape index (κ1) is 17.7. The molecule has 140 valence electrons. The number of aromatic amines is 1. The molecule has 28 heavy (non-hydrogen) atoms. The molecule has 0 aliphatic carbocycles. The first-order chi connectivity index (χ1) is 13.5. The SMILES string of the molecule is COc1ccc2nc(Nc3nc(-c4ccccc4C)cc(=O)[nH]3)nc(C)c2c1. The summed E-state index contributed by atoms with van der Waals surface area (Å²) in [7, 11) is 1.62. The van der Waals surface area contributed by atoms with Gasteiger partial charge in [-0.05, 0) is 37.6 Å². The molecule has 0 radical (unpaired) electrons. The molecule has 0 bridgehead atoms. The molecule has 0 unspecified atom stereocenters. The van der Waals surface area contributed by atoms with Gasteiger partial charge in [-0.1, -0.05) is 24.3 Å². The van der Waals surface area contributed by atoms with Gasteiger partial charge in [0.1, 0.15) is 5.75 Å². The number of H-pyrrole nitrogens is 1. The van der Waals surface area contributed by atoms with Crippen molar-refractivity contribution in [2.24, 2.45) is 0 Å². The summed E-state index contributed by atoms with van der Waals surface area (Å²) in [4.78, 5) is 28.4. The van der Waals surface area contributed by atoms with Gasteiger partial charge in [-0.25, -0.2) is 15.0 Å². The first-order valence-corrected chi connectivity index (χ1v) is 8.80. The monoisotopic (exact) mass is 373 g/mol. The maximum atomic E-state index is 12.1. The molecule has 4 aromatic rings. The molecule has 4 rings (SSSR count). The fourth-order valence-electron chi connectivity index (χ4n) is 3.06. The van der Waals surface area contributed by atoms with E-state index in [-0.39, 0.29) is 11.5 Å². The lowest BCUT2D eigenvalue weighted by atomic mass is 10.1. The lowest BCUT2D eigenvalue weighted by Crippen LogP contribution is -2.12. The van der Waals surface area contributed by atoms with E-state index in [9.17, 15) is 4.79 Å². The van der Waals surface area contributed by atoms with Crippen molar-refractivity contribution in [3.05, 3.63) is 70.1 Å². The molecule has 0 saturated carbocycles. The van der Waals surface area contributed by atoms with Crippen LogP contribution in [0.2, 0.25) is 0 Å². The number of methoxy groups -OCH3 is 1. The number of ether oxygens (including phenoxy) is 1. The summed E-state index contributed by atoms with van der Waals surface area (Å²) in [6, 6.07) is 14.9. The lowest BCUT2D eigenvalue weighted by molar-refractivity contribution is 0.415. The Morgan fingerprint density at radius 1 is 1.00 bits per heavy atom. The number of benzene rings is 2. The molecule has 0 spiro atoms. The number of nitrogens with one attached hydrogen (secondary N) is 2. The van der Waals surface area contributed by atoms with Crippen LogP contribution in [0.25, 0.3) is 22.2 Å². The highest BCUT2D eigenvalue weighted by atomic mass is 16.5. The van der Waals surface area contributed by atoms with E-state index in [2.05, 4.69) is 25.3 Å². The third-order valence-electron chi connectivity index (χ3n) is 4.49.